The average molecular weight is 294 g/mol. The van der Waals surface area contributed by atoms with Crippen molar-refractivity contribution in [1.29, 1.82) is 5.26 Å². The van der Waals surface area contributed by atoms with Gasteiger partial charge in [0, 0.05) is 23.5 Å². The Balaban J connectivity index is 1.98. The smallest absolute Gasteiger partial charge is 0.130 e. The molecule has 4 nitrogen and oxygen atoms in total. The minimum atomic E-state index is 0.655. The molecule has 0 unspecified atom stereocenters. The molecule has 0 aliphatic rings. The van der Waals surface area contributed by atoms with Gasteiger partial charge >= 0.3 is 0 Å². The van der Waals surface area contributed by atoms with Gasteiger partial charge in [-0.25, -0.2) is 9.97 Å². The number of pyridine rings is 1. The summed E-state index contributed by atoms with van der Waals surface area (Å²) in [6.45, 7) is 2.73. The number of fused-ring (bicyclic) bond motifs is 1. The molecule has 104 valence electrons. The van der Waals surface area contributed by atoms with Crippen molar-refractivity contribution in [3.63, 3.8) is 0 Å². The maximum Gasteiger partial charge on any atom is 0.130 e. The van der Waals surface area contributed by atoms with Crippen molar-refractivity contribution in [2.45, 2.75) is 13.5 Å². The van der Waals surface area contributed by atoms with Gasteiger partial charge in [0.05, 0.1) is 28.7 Å². The summed E-state index contributed by atoms with van der Waals surface area (Å²) in [5, 5.41) is 11.3. The van der Waals surface area contributed by atoms with E-state index in [9.17, 15) is 5.26 Å². The quantitative estimate of drug-likeness (QED) is 0.742. The van der Waals surface area contributed by atoms with Crippen molar-refractivity contribution in [3.05, 3.63) is 52.0 Å². The van der Waals surface area contributed by atoms with E-state index in [-0.39, 0.29) is 0 Å². The number of aromatic nitrogens is 2. The molecule has 0 atom stereocenters. The number of nitrogens with zero attached hydrogens (tertiary/aromatic N) is 4. The van der Waals surface area contributed by atoms with Gasteiger partial charge in [-0.05, 0) is 19.1 Å². The van der Waals surface area contributed by atoms with Crippen molar-refractivity contribution in [1.82, 2.24) is 9.97 Å². The maximum atomic E-state index is 9.33. The van der Waals surface area contributed by atoms with E-state index in [0.29, 0.717) is 5.56 Å². The van der Waals surface area contributed by atoms with E-state index < -0.39 is 0 Å². The SMILES string of the molecule is Cc1ncc(CN(C)c2cc(C#N)c3ccccc3n2)s1. The molecule has 0 N–H and O–H groups in total. The molecule has 1 aromatic carbocycles. The van der Waals surface area contributed by atoms with E-state index in [1.165, 1.54) is 4.88 Å². The molecule has 0 amide bonds. The average Bonchev–Trinajstić information content (AvgIpc) is 2.91. The summed E-state index contributed by atoms with van der Waals surface area (Å²) >= 11 is 1.68. The monoisotopic (exact) mass is 294 g/mol. The predicted molar refractivity (Wildman–Crippen MR) is 85.4 cm³/mol. The Labute approximate surface area is 127 Å². The van der Waals surface area contributed by atoms with Crippen molar-refractivity contribution < 1.29 is 0 Å². The van der Waals surface area contributed by atoms with E-state index in [2.05, 4.69) is 16.0 Å². The third-order valence-electron chi connectivity index (χ3n) is 3.28. The van der Waals surface area contributed by atoms with Crippen LogP contribution < -0.4 is 4.90 Å². The zero-order valence-electron chi connectivity index (χ0n) is 11.9. The lowest BCUT2D eigenvalue weighted by Crippen LogP contribution is -2.17. The third-order valence-corrected chi connectivity index (χ3v) is 4.17. The van der Waals surface area contributed by atoms with Gasteiger partial charge in [-0.2, -0.15) is 5.26 Å². The van der Waals surface area contributed by atoms with Crippen LogP contribution in [0.3, 0.4) is 0 Å². The molecule has 0 saturated carbocycles. The summed E-state index contributed by atoms with van der Waals surface area (Å²) in [6, 6.07) is 11.8. The molecule has 0 spiro atoms. The molecular formula is C16H14N4S. The molecule has 5 heteroatoms. The largest absolute Gasteiger partial charge is 0.354 e. The maximum absolute atomic E-state index is 9.33. The predicted octanol–water partition coefficient (Wildman–Crippen LogP) is 3.51. The molecule has 0 bridgehead atoms. The second-order valence-electron chi connectivity index (χ2n) is 4.86. The highest BCUT2D eigenvalue weighted by atomic mass is 32.1. The second-order valence-corrected chi connectivity index (χ2v) is 6.18. The highest BCUT2D eigenvalue weighted by Crippen LogP contribution is 2.23. The number of rotatable bonds is 3. The Bertz CT molecular complexity index is 832. The summed E-state index contributed by atoms with van der Waals surface area (Å²) in [5.74, 6) is 0.802. The second kappa shape index (κ2) is 5.51. The van der Waals surface area contributed by atoms with Gasteiger partial charge in [-0.3, -0.25) is 0 Å². The Kier molecular flexibility index (Phi) is 3.55. The molecule has 0 saturated heterocycles. The zero-order chi connectivity index (χ0) is 14.8. The van der Waals surface area contributed by atoms with Crippen LogP contribution in [0.2, 0.25) is 0 Å². The summed E-state index contributed by atoms with van der Waals surface area (Å²) in [6.07, 6.45) is 1.89. The fraction of sp³-hybridized carbons (Fsp3) is 0.188. The number of nitriles is 1. The van der Waals surface area contributed by atoms with Crippen LogP contribution in [0.5, 0.6) is 0 Å². The van der Waals surface area contributed by atoms with Crippen LogP contribution in [-0.4, -0.2) is 17.0 Å². The van der Waals surface area contributed by atoms with Gasteiger partial charge in [0.2, 0.25) is 0 Å². The molecule has 3 aromatic rings. The Morgan fingerprint density at radius 3 is 2.86 bits per heavy atom. The van der Waals surface area contributed by atoms with Crippen LogP contribution in [0.1, 0.15) is 15.4 Å². The molecule has 21 heavy (non-hydrogen) atoms. The fourth-order valence-electron chi connectivity index (χ4n) is 2.24. The molecule has 0 radical (unpaired) electrons. The number of benzene rings is 1. The van der Waals surface area contributed by atoms with E-state index in [4.69, 9.17) is 0 Å². The summed E-state index contributed by atoms with van der Waals surface area (Å²) in [4.78, 5) is 12.1. The van der Waals surface area contributed by atoms with Crippen LogP contribution in [0.15, 0.2) is 36.5 Å². The minimum absolute atomic E-state index is 0.655. The molecular weight excluding hydrogens is 280 g/mol. The lowest BCUT2D eigenvalue weighted by atomic mass is 10.1. The molecule has 3 rings (SSSR count). The standard InChI is InChI=1S/C16H14N4S/c1-11-18-9-13(21-11)10-20(2)16-7-12(8-17)14-5-3-4-6-15(14)19-16/h3-7,9H,10H2,1-2H3. The fourth-order valence-corrected chi connectivity index (χ4v) is 3.09. The van der Waals surface area contributed by atoms with Gasteiger partial charge in [0.1, 0.15) is 5.82 Å². The van der Waals surface area contributed by atoms with Crippen molar-refractivity contribution >= 4 is 28.1 Å². The number of anilines is 1. The first-order valence-electron chi connectivity index (χ1n) is 6.59. The van der Waals surface area contributed by atoms with E-state index in [1.54, 1.807) is 11.3 Å². The zero-order valence-corrected chi connectivity index (χ0v) is 12.7. The van der Waals surface area contributed by atoms with Gasteiger partial charge < -0.3 is 4.90 Å². The minimum Gasteiger partial charge on any atom is -0.354 e. The summed E-state index contributed by atoms with van der Waals surface area (Å²) < 4.78 is 0. The first kappa shape index (κ1) is 13.5. The van der Waals surface area contributed by atoms with Crippen molar-refractivity contribution in [3.8, 4) is 6.07 Å². The van der Waals surface area contributed by atoms with Gasteiger partial charge in [-0.1, -0.05) is 18.2 Å². The third kappa shape index (κ3) is 2.71. The summed E-state index contributed by atoms with van der Waals surface area (Å²) in [7, 11) is 1.98. The van der Waals surface area contributed by atoms with E-state index in [1.807, 2.05) is 55.4 Å². The van der Waals surface area contributed by atoms with Crippen LogP contribution >= 0.6 is 11.3 Å². The van der Waals surface area contributed by atoms with E-state index in [0.717, 1.165) is 28.3 Å². The lowest BCUT2D eigenvalue weighted by molar-refractivity contribution is 0.914. The van der Waals surface area contributed by atoms with Crippen molar-refractivity contribution in [2.75, 3.05) is 11.9 Å². The van der Waals surface area contributed by atoms with Gasteiger partial charge in [0.15, 0.2) is 0 Å². The molecule has 2 heterocycles. The number of hydrogen-bond donors (Lipinski definition) is 0. The first-order valence-corrected chi connectivity index (χ1v) is 7.41. The topological polar surface area (TPSA) is 52.8 Å². The van der Waals surface area contributed by atoms with Crippen LogP contribution in [0.4, 0.5) is 5.82 Å². The molecule has 0 aliphatic heterocycles. The van der Waals surface area contributed by atoms with E-state index >= 15 is 0 Å². The Morgan fingerprint density at radius 1 is 1.33 bits per heavy atom. The van der Waals surface area contributed by atoms with Gasteiger partial charge in [-0.15, -0.1) is 11.3 Å². The number of para-hydroxylation sites is 1. The van der Waals surface area contributed by atoms with Crippen LogP contribution in [0.25, 0.3) is 10.9 Å². The first-order chi connectivity index (χ1) is 10.2. The highest BCUT2D eigenvalue weighted by Gasteiger charge is 2.10. The summed E-state index contributed by atoms with van der Waals surface area (Å²) in [5.41, 5.74) is 1.50. The van der Waals surface area contributed by atoms with Gasteiger partial charge in [0.25, 0.3) is 0 Å². The van der Waals surface area contributed by atoms with Crippen LogP contribution in [0, 0.1) is 18.3 Å². The number of hydrogen-bond acceptors (Lipinski definition) is 5. The van der Waals surface area contributed by atoms with Crippen LogP contribution in [-0.2, 0) is 6.54 Å². The molecule has 2 aromatic heterocycles. The Morgan fingerprint density at radius 2 is 2.14 bits per heavy atom. The normalized spacial score (nSPS) is 10.5. The van der Waals surface area contributed by atoms with Crippen molar-refractivity contribution in [2.24, 2.45) is 0 Å². The number of thiazole rings is 1. The Hall–Kier alpha value is -2.45. The molecule has 0 aliphatic carbocycles. The molecule has 0 fully saturated rings. The highest BCUT2D eigenvalue weighted by molar-refractivity contribution is 7.11. The number of aryl methyl sites for hydroxylation is 1. The lowest BCUT2D eigenvalue weighted by Gasteiger charge is -2.18.